The molecule has 0 aliphatic heterocycles. The summed E-state index contributed by atoms with van der Waals surface area (Å²) in [6.45, 7) is 0. The molecule has 0 amide bonds. The summed E-state index contributed by atoms with van der Waals surface area (Å²) in [6, 6.07) is 8.38. The van der Waals surface area contributed by atoms with E-state index in [0.717, 1.165) is 0 Å². The highest BCUT2D eigenvalue weighted by molar-refractivity contribution is 6.33. The Morgan fingerprint density at radius 2 is 2.06 bits per heavy atom. The van der Waals surface area contributed by atoms with Gasteiger partial charge in [-0.1, -0.05) is 29.3 Å². The Kier molecular flexibility index (Phi) is 3.69. The van der Waals surface area contributed by atoms with E-state index >= 15 is 0 Å². The predicted molar refractivity (Wildman–Crippen MR) is 70.9 cm³/mol. The van der Waals surface area contributed by atoms with Crippen LogP contribution in [0.5, 0.6) is 0 Å². The van der Waals surface area contributed by atoms with Crippen molar-refractivity contribution in [3.8, 4) is 0 Å². The van der Waals surface area contributed by atoms with Crippen molar-refractivity contribution in [2.75, 3.05) is 5.32 Å². The third kappa shape index (κ3) is 2.91. The summed E-state index contributed by atoms with van der Waals surface area (Å²) in [6.07, 6.45) is 1.29. The van der Waals surface area contributed by atoms with Crippen LogP contribution in [-0.2, 0) is 0 Å². The van der Waals surface area contributed by atoms with E-state index in [2.05, 4.69) is 10.3 Å². The maximum Gasteiger partial charge on any atom is 0.337 e. The van der Waals surface area contributed by atoms with Crippen LogP contribution in [0.4, 0.5) is 11.5 Å². The van der Waals surface area contributed by atoms with E-state index in [1.54, 1.807) is 24.3 Å². The fraction of sp³-hybridized carbons (Fsp3) is 0. The van der Waals surface area contributed by atoms with Crippen molar-refractivity contribution in [2.45, 2.75) is 0 Å². The van der Waals surface area contributed by atoms with Crippen LogP contribution in [0.3, 0.4) is 0 Å². The summed E-state index contributed by atoms with van der Waals surface area (Å²) in [5.41, 5.74) is 0.713. The lowest BCUT2D eigenvalue weighted by molar-refractivity contribution is 0.0697. The summed E-state index contributed by atoms with van der Waals surface area (Å²) < 4.78 is 0. The molecule has 0 radical (unpaired) electrons. The lowest BCUT2D eigenvalue weighted by Crippen LogP contribution is -2.01. The minimum absolute atomic E-state index is 0.00352. The van der Waals surface area contributed by atoms with Crippen LogP contribution in [0.15, 0.2) is 36.5 Å². The molecule has 0 saturated carbocycles. The zero-order valence-corrected chi connectivity index (χ0v) is 10.5. The number of hydrogen-bond acceptors (Lipinski definition) is 3. The molecule has 6 heteroatoms. The second kappa shape index (κ2) is 5.25. The van der Waals surface area contributed by atoms with Crippen molar-refractivity contribution in [3.63, 3.8) is 0 Å². The number of anilines is 2. The molecule has 1 heterocycles. The van der Waals surface area contributed by atoms with Gasteiger partial charge in [-0.15, -0.1) is 0 Å². The molecule has 92 valence electrons. The number of aromatic nitrogens is 1. The number of pyridine rings is 1. The Morgan fingerprint density at radius 1 is 1.28 bits per heavy atom. The van der Waals surface area contributed by atoms with Gasteiger partial charge in [0.2, 0.25) is 0 Å². The Balaban J connectivity index is 2.30. The average Bonchev–Trinajstić information content (AvgIpc) is 2.31. The van der Waals surface area contributed by atoms with E-state index in [-0.39, 0.29) is 10.6 Å². The van der Waals surface area contributed by atoms with E-state index in [1.165, 1.54) is 12.3 Å². The zero-order chi connectivity index (χ0) is 13.1. The lowest BCUT2D eigenvalue weighted by Gasteiger charge is -2.07. The van der Waals surface area contributed by atoms with Crippen molar-refractivity contribution in [1.82, 2.24) is 4.98 Å². The van der Waals surface area contributed by atoms with Crippen LogP contribution in [0.2, 0.25) is 10.0 Å². The molecule has 0 bridgehead atoms. The number of rotatable bonds is 3. The van der Waals surface area contributed by atoms with E-state index in [1.807, 2.05) is 0 Å². The summed E-state index contributed by atoms with van der Waals surface area (Å²) in [7, 11) is 0. The molecule has 0 spiro atoms. The second-order valence-electron chi connectivity index (χ2n) is 3.49. The molecule has 18 heavy (non-hydrogen) atoms. The molecule has 0 unspecified atom stereocenters. The average molecular weight is 283 g/mol. The highest BCUT2D eigenvalue weighted by atomic mass is 35.5. The molecule has 0 saturated heterocycles. The molecular weight excluding hydrogens is 275 g/mol. The van der Waals surface area contributed by atoms with Gasteiger partial charge in [0.1, 0.15) is 5.82 Å². The fourth-order valence-electron chi connectivity index (χ4n) is 1.39. The number of nitrogens with one attached hydrogen (secondary N) is 1. The van der Waals surface area contributed by atoms with Crippen LogP contribution in [-0.4, -0.2) is 16.1 Å². The molecule has 2 N–H and O–H groups in total. The number of carbonyl (C=O) groups is 1. The van der Waals surface area contributed by atoms with Gasteiger partial charge in [0.25, 0.3) is 0 Å². The van der Waals surface area contributed by atoms with E-state index in [4.69, 9.17) is 28.3 Å². The largest absolute Gasteiger partial charge is 0.478 e. The SMILES string of the molecule is O=C(O)c1cc(Nc2cccc(Cl)c2)ncc1Cl. The van der Waals surface area contributed by atoms with Gasteiger partial charge in [-0.3, -0.25) is 0 Å². The zero-order valence-electron chi connectivity index (χ0n) is 9.02. The van der Waals surface area contributed by atoms with Gasteiger partial charge in [-0.05, 0) is 24.3 Å². The first-order valence-electron chi connectivity index (χ1n) is 4.97. The standard InChI is InChI=1S/C12H8Cl2N2O2/c13-7-2-1-3-8(4-7)16-11-5-9(12(17)18)10(14)6-15-11/h1-6H,(H,15,16)(H,17,18). The van der Waals surface area contributed by atoms with E-state index < -0.39 is 5.97 Å². The number of carboxylic acid groups (broad SMARTS) is 1. The highest BCUT2D eigenvalue weighted by Gasteiger charge is 2.10. The quantitative estimate of drug-likeness (QED) is 0.898. The summed E-state index contributed by atoms with van der Waals surface area (Å²) in [5.74, 6) is -0.712. The molecule has 0 fully saturated rings. The maximum absolute atomic E-state index is 10.9. The predicted octanol–water partition coefficient (Wildman–Crippen LogP) is 3.83. The third-order valence-electron chi connectivity index (χ3n) is 2.18. The number of halogens is 2. The van der Waals surface area contributed by atoms with Gasteiger partial charge in [-0.2, -0.15) is 0 Å². The molecule has 0 aliphatic rings. The van der Waals surface area contributed by atoms with E-state index in [0.29, 0.717) is 16.5 Å². The van der Waals surface area contributed by atoms with Crippen molar-refractivity contribution >= 4 is 40.7 Å². The summed E-state index contributed by atoms with van der Waals surface area (Å²) in [4.78, 5) is 14.9. The van der Waals surface area contributed by atoms with Gasteiger partial charge in [0.15, 0.2) is 0 Å². The van der Waals surface area contributed by atoms with Crippen LogP contribution >= 0.6 is 23.2 Å². The first kappa shape index (κ1) is 12.7. The topological polar surface area (TPSA) is 62.2 Å². The summed E-state index contributed by atoms with van der Waals surface area (Å²) in [5, 5.41) is 12.6. The molecule has 1 aromatic heterocycles. The fourth-order valence-corrected chi connectivity index (χ4v) is 1.76. The van der Waals surface area contributed by atoms with Crippen LogP contribution in [0.25, 0.3) is 0 Å². The lowest BCUT2D eigenvalue weighted by atomic mass is 10.2. The second-order valence-corrected chi connectivity index (χ2v) is 4.33. The van der Waals surface area contributed by atoms with Crippen molar-refractivity contribution in [1.29, 1.82) is 0 Å². The Labute approximate surface area is 113 Å². The van der Waals surface area contributed by atoms with Gasteiger partial charge >= 0.3 is 5.97 Å². The molecule has 2 aromatic rings. The monoisotopic (exact) mass is 282 g/mol. The van der Waals surface area contributed by atoms with Crippen LogP contribution in [0.1, 0.15) is 10.4 Å². The van der Waals surface area contributed by atoms with Crippen LogP contribution < -0.4 is 5.32 Å². The Morgan fingerprint density at radius 3 is 2.72 bits per heavy atom. The molecule has 1 aromatic carbocycles. The first-order chi connectivity index (χ1) is 8.56. The van der Waals surface area contributed by atoms with Gasteiger partial charge in [0.05, 0.1) is 10.6 Å². The minimum Gasteiger partial charge on any atom is -0.478 e. The molecule has 4 nitrogen and oxygen atoms in total. The number of aromatic carboxylic acids is 1. The highest BCUT2D eigenvalue weighted by Crippen LogP contribution is 2.22. The minimum atomic E-state index is -1.10. The smallest absolute Gasteiger partial charge is 0.337 e. The number of nitrogens with zero attached hydrogens (tertiary/aromatic N) is 1. The third-order valence-corrected chi connectivity index (χ3v) is 2.72. The maximum atomic E-state index is 10.9. The molecular formula is C12H8Cl2N2O2. The molecule has 0 atom stereocenters. The van der Waals surface area contributed by atoms with Crippen LogP contribution in [0, 0.1) is 0 Å². The van der Waals surface area contributed by atoms with Crippen molar-refractivity contribution < 1.29 is 9.90 Å². The molecule has 0 aliphatic carbocycles. The summed E-state index contributed by atoms with van der Waals surface area (Å²) >= 11 is 11.6. The van der Waals surface area contributed by atoms with E-state index in [9.17, 15) is 4.79 Å². The number of carboxylic acids is 1. The van der Waals surface area contributed by atoms with Gasteiger partial charge in [-0.25, -0.2) is 9.78 Å². The Hall–Kier alpha value is -1.78. The number of hydrogen-bond donors (Lipinski definition) is 2. The Bertz CT molecular complexity index is 602. The number of benzene rings is 1. The molecule has 2 rings (SSSR count). The van der Waals surface area contributed by atoms with Crippen molar-refractivity contribution in [2.24, 2.45) is 0 Å². The van der Waals surface area contributed by atoms with Gasteiger partial charge < -0.3 is 10.4 Å². The van der Waals surface area contributed by atoms with Crippen molar-refractivity contribution in [3.05, 3.63) is 52.1 Å². The first-order valence-corrected chi connectivity index (χ1v) is 5.73. The van der Waals surface area contributed by atoms with Gasteiger partial charge in [0, 0.05) is 16.9 Å². The normalized spacial score (nSPS) is 10.1.